The van der Waals surface area contributed by atoms with Gasteiger partial charge in [0.15, 0.2) is 5.82 Å². The summed E-state index contributed by atoms with van der Waals surface area (Å²) in [5.41, 5.74) is 1.11. The minimum absolute atomic E-state index is 0.113. The zero-order valence-corrected chi connectivity index (χ0v) is 16.9. The third kappa shape index (κ3) is 3.53. The van der Waals surface area contributed by atoms with Gasteiger partial charge in [0.05, 0.1) is 25.2 Å². The van der Waals surface area contributed by atoms with Crippen LogP contribution in [0, 0.1) is 0 Å². The second-order valence-electron chi connectivity index (χ2n) is 6.97. The van der Waals surface area contributed by atoms with Gasteiger partial charge in [-0.15, -0.1) is 5.10 Å². The summed E-state index contributed by atoms with van der Waals surface area (Å²) in [7, 11) is 3.16. The number of hydrogen-bond acceptors (Lipinski definition) is 5. The summed E-state index contributed by atoms with van der Waals surface area (Å²) in [5, 5.41) is 10.5. The summed E-state index contributed by atoms with van der Waals surface area (Å²) in [6, 6.07) is 12.8. The fourth-order valence-electron chi connectivity index (χ4n) is 3.60. The van der Waals surface area contributed by atoms with Gasteiger partial charge in [-0.3, -0.25) is 15.2 Å². The van der Waals surface area contributed by atoms with Crippen molar-refractivity contribution in [2.75, 3.05) is 19.5 Å². The van der Waals surface area contributed by atoms with E-state index in [-0.39, 0.29) is 11.9 Å². The molecule has 1 heterocycles. The molecular formula is C21H21ClN4O3. The minimum Gasteiger partial charge on any atom is -0.497 e. The zero-order chi connectivity index (χ0) is 20.4. The molecule has 29 heavy (non-hydrogen) atoms. The maximum Gasteiger partial charge on any atom is 0.249 e. The van der Waals surface area contributed by atoms with Crippen LogP contribution in [0.25, 0.3) is 11.4 Å². The van der Waals surface area contributed by atoms with Gasteiger partial charge in [-0.1, -0.05) is 30.2 Å². The van der Waals surface area contributed by atoms with Crippen molar-refractivity contribution >= 4 is 23.5 Å². The molecule has 1 fully saturated rings. The highest BCUT2D eigenvalue weighted by atomic mass is 35.5. The van der Waals surface area contributed by atoms with Gasteiger partial charge in [0.2, 0.25) is 11.9 Å². The number of benzene rings is 2. The number of nitrogens with one attached hydrogen (secondary N) is 2. The number of aromatic nitrogens is 3. The van der Waals surface area contributed by atoms with Crippen molar-refractivity contribution in [3.8, 4) is 22.9 Å². The van der Waals surface area contributed by atoms with E-state index in [1.54, 1.807) is 20.3 Å². The topological polar surface area (TPSA) is 89.1 Å². The lowest BCUT2D eigenvalue weighted by Crippen LogP contribution is -2.46. The van der Waals surface area contributed by atoms with Crippen LogP contribution in [-0.4, -0.2) is 35.3 Å². The molecule has 4 rings (SSSR count). The number of carbonyl (C=O) groups is 1. The lowest BCUT2D eigenvalue weighted by Gasteiger charge is -2.40. The Morgan fingerprint density at radius 3 is 2.52 bits per heavy atom. The SMILES string of the molecule is COc1ccc(-c2nc(NC(=O)C3(c4ccc(Cl)cc4)CCC3)n[nH]2)c(OC)c1. The number of ether oxygens (including phenoxy) is 2. The van der Waals surface area contributed by atoms with Crippen LogP contribution in [-0.2, 0) is 10.2 Å². The van der Waals surface area contributed by atoms with Crippen LogP contribution in [0.1, 0.15) is 24.8 Å². The predicted octanol–water partition coefficient (Wildman–Crippen LogP) is 4.20. The standard InChI is InChI=1S/C21H21ClN4O3/c1-28-15-8-9-16(17(12-15)29-2)18-23-20(26-25-18)24-19(27)21(10-3-11-21)13-4-6-14(22)7-5-13/h4-9,12H,3,10-11H2,1-2H3,(H2,23,24,25,26,27). The van der Waals surface area contributed by atoms with Crippen molar-refractivity contribution in [2.45, 2.75) is 24.7 Å². The molecule has 7 nitrogen and oxygen atoms in total. The zero-order valence-electron chi connectivity index (χ0n) is 16.2. The maximum absolute atomic E-state index is 13.1. The number of hydrogen-bond donors (Lipinski definition) is 2. The monoisotopic (exact) mass is 412 g/mol. The summed E-state index contributed by atoms with van der Waals surface area (Å²) in [5.74, 6) is 1.87. The number of carbonyl (C=O) groups excluding carboxylic acids is 1. The first kappa shape index (κ1) is 19.3. The molecule has 0 unspecified atom stereocenters. The second kappa shape index (κ2) is 7.75. The maximum atomic E-state index is 13.1. The third-order valence-corrected chi connectivity index (χ3v) is 5.67. The number of rotatable bonds is 6. The number of methoxy groups -OCH3 is 2. The van der Waals surface area contributed by atoms with Crippen LogP contribution >= 0.6 is 11.6 Å². The average molecular weight is 413 g/mol. The average Bonchev–Trinajstić information content (AvgIpc) is 3.16. The van der Waals surface area contributed by atoms with E-state index in [0.717, 1.165) is 30.4 Å². The van der Waals surface area contributed by atoms with E-state index in [1.807, 2.05) is 36.4 Å². The van der Waals surface area contributed by atoms with Gasteiger partial charge in [-0.05, 0) is 42.7 Å². The van der Waals surface area contributed by atoms with Gasteiger partial charge in [-0.25, -0.2) is 0 Å². The number of amides is 1. The van der Waals surface area contributed by atoms with E-state index in [4.69, 9.17) is 21.1 Å². The first-order chi connectivity index (χ1) is 14.1. The number of H-pyrrole nitrogens is 1. The highest BCUT2D eigenvalue weighted by molar-refractivity contribution is 6.30. The van der Waals surface area contributed by atoms with Gasteiger partial charge in [0, 0.05) is 11.1 Å². The Hall–Kier alpha value is -3.06. The lowest BCUT2D eigenvalue weighted by molar-refractivity contribution is -0.124. The largest absolute Gasteiger partial charge is 0.497 e. The molecule has 1 amide bonds. The normalized spacial score (nSPS) is 14.7. The molecule has 2 N–H and O–H groups in total. The molecular weight excluding hydrogens is 392 g/mol. The van der Waals surface area contributed by atoms with Crippen LogP contribution in [0.15, 0.2) is 42.5 Å². The minimum atomic E-state index is -0.566. The van der Waals surface area contributed by atoms with Crippen molar-refractivity contribution in [3.63, 3.8) is 0 Å². The Kier molecular flexibility index (Phi) is 5.15. The first-order valence-electron chi connectivity index (χ1n) is 9.28. The van der Waals surface area contributed by atoms with Crippen molar-refractivity contribution in [1.82, 2.24) is 15.2 Å². The van der Waals surface area contributed by atoms with E-state index in [0.29, 0.717) is 22.3 Å². The van der Waals surface area contributed by atoms with Crippen LogP contribution in [0.5, 0.6) is 11.5 Å². The Morgan fingerprint density at radius 1 is 1.14 bits per heavy atom. The van der Waals surface area contributed by atoms with E-state index in [1.165, 1.54) is 0 Å². The van der Waals surface area contributed by atoms with Gasteiger partial charge < -0.3 is 9.47 Å². The van der Waals surface area contributed by atoms with E-state index < -0.39 is 5.41 Å². The summed E-state index contributed by atoms with van der Waals surface area (Å²) in [6.45, 7) is 0. The first-order valence-corrected chi connectivity index (χ1v) is 9.66. The molecule has 1 aliphatic rings. The van der Waals surface area contributed by atoms with Crippen molar-refractivity contribution in [1.29, 1.82) is 0 Å². The van der Waals surface area contributed by atoms with Crippen LogP contribution in [0.2, 0.25) is 5.02 Å². The van der Waals surface area contributed by atoms with Gasteiger partial charge in [0.1, 0.15) is 11.5 Å². The molecule has 0 bridgehead atoms. The quantitative estimate of drug-likeness (QED) is 0.633. The Labute approximate surface area is 173 Å². The fraction of sp³-hybridized carbons (Fsp3) is 0.286. The highest BCUT2D eigenvalue weighted by Gasteiger charge is 2.46. The summed E-state index contributed by atoms with van der Waals surface area (Å²) >= 11 is 5.99. The summed E-state index contributed by atoms with van der Waals surface area (Å²) in [6.07, 6.45) is 2.56. The van der Waals surface area contributed by atoms with Crippen LogP contribution in [0.3, 0.4) is 0 Å². The van der Waals surface area contributed by atoms with Crippen LogP contribution in [0.4, 0.5) is 5.95 Å². The molecule has 2 aromatic carbocycles. The number of anilines is 1. The molecule has 0 atom stereocenters. The Balaban J connectivity index is 1.56. The summed E-state index contributed by atoms with van der Waals surface area (Å²) in [4.78, 5) is 17.5. The third-order valence-electron chi connectivity index (χ3n) is 5.41. The molecule has 1 saturated carbocycles. The Morgan fingerprint density at radius 2 is 1.90 bits per heavy atom. The highest BCUT2D eigenvalue weighted by Crippen LogP contribution is 2.44. The van der Waals surface area contributed by atoms with E-state index >= 15 is 0 Å². The predicted molar refractivity (Wildman–Crippen MR) is 111 cm³/mol. The molecule has 0 radical (unpaired) electrons. The number of halogens is 1. The van der Waals surface area contributed by atoms with E-state index in [2.05, 4.69) is 20.5 Å². The van der Waals surface area contributed by atoms with Crippen molar-refractivity contribution < 1.29 is 14.3 Å². The van der Waals surface area contributed by atoms with Crippen molar-refractivity contribution in [3.05, 3.63) is 53.1 Å². The molecule has 0 spiro atoms. The van der Waals surface area contributed by atoms with Gasteiger partial charge in [0.25, 0.3) is 0 Å². The number of nitrogens with zero attached hydrogens (tertiary/aromatic N) is 2. The molecule has 8 heteroatoms. The summed E-state index contributed by atoms with van der Waals surface area (Å²) < 4.78 is 10.6. The van der Waals surface area contributed by atoms with E-state index in [9.17, 15) is 4.79 Å². The molecule has 0 aliphatic heterocycles. The van der Waals surface area contributed by atoms with Crippen LogP contribution < -0.4 is 14.8 Å². The molecule has 1 aromatic heterocycles. The Bertz CT molecular complexity index is 1030. The molecule has 150 valence electrons. The number of aromatic amines is 1. The van der Waals surface area contributed by atoms with Gasteiger partial charge >= 0.3 is 0 Å². The second-order valence-corrected chi connectivity index (χ2v) is 7.41. The molecule has 0 saturated heterocycles. The molecule has 3 aromatic rings. The van der Waals surface area contributed by atoms with Crippen molar-refractivity contribution in [2.24, 2.45) is 0 Å². The molecule has 1 aliphatic carbocycles. The van der Waals surface area contributed by atoms with Gasteiger partial charge in [-0.2, -0.15) is 4.98 Å². The lowest BCUT2D eigenvalue weighted by atomic mass is 9.64. The smallest absolute Gasteiger partial charge is 0.249 e. The fourth-order valence-corrected chi connectivity index (χ4v) is 3.73.